The molecule has 3 aromatic rings. The Kier molecular flexibility index (Phi) is 4.74. The highest BCUT2D eigenvalue weighted by molar-refractivity contribution is 6.18. The number of rotatable bonds is 3. The molecule has 0 spiro atoms. The molecule has 9 heteroatoms. The number of carbonyl (C=O) groups excluding carboxylic acids is 1. The lowest BCUT2D eigenvalue weighted by Gasteiger charge is -2.15. The van der Waals surface area contributed by atoms with E-state index >= 15 is 0 Å². The Labute approximate surface area is 167 Å². The zero-order valence-electron chi connectivity index (χ0n) is 14.8. The number of carbonyl (C=O) groups is 1. The average Bonchev–Trinajstić information content (AvgIpc) is 3.08. The van der Waals surface area contributed by atoms with Gasteiger partial charge in [-0.15, -0.1) is 11.6 Å². The highest BCUT2D eigenvalue weighted by Crippen LogP contribution is 2.36. The maximum Gasteiger partial charge on any atom is 0.417 e. The first-order valence-electron chi connectivity index (χ1n) is 8.65. The van der Waals surface area contributed by atoms with Gasteiger partial charge in [0, 0.05) is 22.3 Å². The van der Waals surface area contributed by atoms with E-state index in [1.165, 1.54) is 35.2 Å². The smallest absolute Gasteiger partial charge is 0.417 e. The highest BCUT2D eigenvalue weighted by Gasteiger charge is 2.34. The summed E-state index contributed by atoms with van der Waals surface area (Å²) in [7, 11) is 0. The minimum Gasteiger partial charge on any atom is -0.443 e. The van der Waals surface area contributed by atoms with Crippen molar-refractivity contribution in [2.45, 2.75) is 12.3 Å². The van der Waals surface area contributed by atoms with Crippen LogP contribution in [0.25, 0.3) is 22.0 Å². The van der Waals surface area contributed by atoms with Crippen LogP contribution in [0.3, 0.4) is 0 Å². The maximum absolute atomic E-state index is 13.3. The van der Waals surface area contributed by atoms with Crippen LogP contribution >= 0.6 is 11.6 Å². The van der Waals surface area contributed by atoms with Crippen molar-refractivity contribution in [3.05, 3.63) is 64.4 Å². The molecule has 0 radical (unpaired) electrons. The molecule has 2 aromatic carbocycles. The zero-order valence-corrected chi connectivity index (χ0v) is 15.6. The largest absolute Gasteiger partial charge is 0.443 e. The van der Waals surface area contributed by atoms with Crippen molar-refractivity contribution in [2.75, 3.05) is 17.3 Å². The fraction of sp³-hybridized carbons (Fsp3) is 0.200. The summed E-state index contributed by atoms with van der Waals surface area (Å²) in [6.07, 6.45) is -5.57. The number of amides is 1. The lowest BCUT2D eigenvalue weighted by atomic mass is 10.0. The molecule has 0 saturated carbocycles. The van der Waals surface area contributed by atoms with Gasteiger partial charge in [-0.3, -0.25) is 9.69 Å². The van der Waals surface area contributed by atoms with Crippen LogP contribution in [0.1, 0.15) is 5.56 Å². The predicted molar refractivity (Wildman–Crippen MR) is 103 cm³/mol. The van der Waals surface area contributed by atoms with E-state index in [0.29, 0.717) is 11.1 Å². The summed E-state index contributed by atoms with van der Waals surface area (Å²) >= 11 is 5.73. The van der Waals surface area contributed by atoms with Gasteiger partial charge in [-0.05, 0) is 29.7 Å². The molecular formula is C20H14ClF3N2O3. The summed E-state index contributed by atoms with van der Waals surface area (Å²) < 4.78 is 45.1. The summed E-state index contributed by atoms with van der Waals surface area (Å²) in [5.74, 6) is 0.151. The first-order chi connectivity index (χ1) is 13.8. The van der Waals surface area contributed by atoms with Crippen molar-refractivity contribution >= 4 is 34.2 Å². The Morgan fingerprint density at radius 1 is 1.14 bits per heavy atom. The van der Waals surface area contributed by atoms with E-state index in [4.69, 9.17) is 16.3 Å². The Balaban J connectivity index is 1.79. The SMILES string of the molecule is O=C1OC(CCl)CN1c1ccc2cc(-c3ccccc3C(F)(F)F)[nH]c(=O)c2c1. The number of fused-ring (bicyclic) bond motifs is 1. The van der Waals surface area contributed by atoms with Gasteiger partial charge in [-0.25, -0.2) is 4.79 Å². The van der Waals surface area contributed by atoms with Crippen LogP contribution in [0.15, 0.2) is 53.3 Å². The number of halogens is 4. The topological polar surface area (TPSA) is 62.4 Å². The first kappa shape index (κ1) is 19.3. The van der Waals surface area contributed by atoms with Crippen LogP contribution in [0.5, 0.6) is 0 Å². The lowest BCUT2D eigenvalue weighted by molar-refractivity contribution is -0.137. The Morgan fingerprint density at radius 3 is 2.59 bits per heavy atom. The summed E-state index contributed by atoms with van der Waals surface area (Å²) in [4.78, 5) is 28.5. The molecule has 1 amide bonds. The minimum absolute atomic E-state index is 0.0611. The van der Waals surface area contributed by atoms with Crippen molar-refractivity contribution in [1.82, 2.24) is 4.98 Å². The summed E-state index contributed by atoms with van der Waals surface area (Å²) in [6, 6.07) is 11.2. The molecule has 2 heterocycles. The Hall–Kier alpha value is -3.00. The third-order valence-corrected chi connectivity index (χ3v) is 5.05. The third-order valence-electron chi connectivity index (χ3n) is 4.71. The molecule has 1 aliphatic rings. The van der Waals surface area contributed by atoms with Crippen molar-refractivity contribution in [1.29, 1.82) is 0 Å². The van der Waals surface area contributed by atoms with Gasteiger partial charge in [-0.1, -0.05) is 24.3 Å². The summed E-state index contributed by atoms with van der Waals surface area (Å²) in [6.45, 7) is 0.253. The molecule has 0 aliphatic carbocycles. The van der Waals surface area contributed by atoms with Crippen LogP contribution in [0.2, 0.25) is 0 Å². The minimum atomic E-state index is -4.55. The average molecular weight is 423 g/mol. The molecule has 4 rings (SSSR count). The molecular weight excluding hydrogens is 409 g/mol. The summed E-state index contributed by atoms with van der Waals surface area (Å²) in [5.41, 5.74) is -0.998. The fourth-order valence-corrected chi connectivity index (χ4v) is 3.50. The number of hydrogen-bond acceptors (Lipinski definition) is 3. The molecule has 29 heavy (non-hydrogen) atoms. The number of nitrogens with zero attached hydrogens (tertiary/aromatic N) is 1. The summed E-state index contributed by atoms with van der Waals surface area (Å²) in [5, 5.41) is 0.698. The van der Waals surface area contributed by atoms with E-state index in [1.807, 2.05) is 0 Å². The highest BCUT2D eigenvalue weighted by atomic mass is 35.5. The molecule has 1 N–H and O–H groups in total. The normalized spacial score (nSPS) is 17.0. The van der Waals surface area contributed by atoms with Gasteiger partial charge in [0.05, 0.1) is 18.0 Å². The molecule has 0 bridgehead atoms. The van der Waals surface area contributed by atoms with Gasteiger partial charge in [0.2, 0.25) is 0 Å². The number of alkyl halides is 4. The molecule has 150 valence electrons. The van der Waals surface area contributed by atoms with Gasteiger partial charge in [-0.2, -0.15) is 13.2 Å². The second kappa shape index (κ2) is 7.11. The molecule has 1 atom stereocenters. The van der Waals surface area contributed by atoms with Crippen molar-refractivity contribution < 1.29 is 22.7 Å². The molecule has 1 fully saturated rings. The zero-order chi connectivity index (χ0) is 20.8. The number of hydrogen-bond donors (Lipinski definition) is 1. The number of H-pyrrole nitrogens is 1. The number of nitrogens with one attached hydrogen (secondary N) is 1. The monoisotopic (exact) mass is 422 g/mol. The molecule has 1 saturated heterocycles. The van der Waals surface area contributed by atoms with E-state index in [9.17, 15) is 22.8 Å². The second-order valence-electron chi connectivity index (χ2n) is 6.60. The van der Waals surface area contributed by atoms with Crippen molar-refractivity contribution in [2.24, 2.45) is 0 Å². The Morgan fingerprint density at radius 2 is 1.90 bits per heavy atom. The van der Waals surface area contributed by atoms with Gasteiger partial charge >= 0.3 is 12.3 Å². The first-order valence-corrected chi connectivity index (χ1v) is 9.19. The van der Waals surface area contributed by atoms with E-state index < -0.39 is 29.5 Å². The number of ether oxygens (including phenoxy) is 1. The van der Waals surface area contributed by atoms with Gasteiger partial charge < -0.3 is 9.72 Å². The van der Waals surface area contributed by atoms with E-state index in [-0.39, 0.29) is 29.1 Å². The molecule has 5 nitrogen and oxygen atoms in total. The van der Waals surface area contributed by atoms with Crippen LogP contribution in [0.4, 0.5) is 23.7 Å². The van der Waals surface area contributed by atoms with Gasteiger partial charge in [0.15, 0.2) is 0 Å². The number of cyclic esters (lactones) is 1. The third kappa shape index (κ3) is 3.55. The number of benzene rings is 2. The van der Waals surface area contributed by atoms with E-state index in [2.05, 4.69) is 4.98 Å². The number of aromatic amines is 1. The molecule has 1 unspecified atom stereocenters. The Bertz CT molecular complexity index is 1160. The van der Waals surface area contributed by atoms with Crippen LogP contribution in [-0.4, -0.2) is 29.6 Å². The molecule has 1 aromatic heterocycles. The van der Waals surface area contributed by atoms with Crippen LogP contribution < -0.4 is 10.5 Å². The predicted octanol–water partition coefficient (Wildman–Crippen LogP) is 4.78. The maximum atomic E-state index is 13.3. The molecule has 1 aliphatic heterocycles. The number of anilines is 1. The van der Waals surface area contributed by atoms with Gasteiger partial charge in [0.1, 0.15) is 6.10 Å². The van der Waals surface area contributed by atoms with Crippen molar-refractivity contribution in [3.8, 4) is 11.3 Å². The van der Waals surface area contributed by atoms with Crippen LogP contribution in [-0.2, 0) is 10.9 Å². The van der Waals surface area contributed by atoms with Crippen molar-refractivity contribution in [3.63, 3.8) is 0 Å². The second-order valence-corrected chi connectivity index (χ2v) is 6.91. The van der Waals surface area contributed by atoms with Crippen LogP contribution in [0, 0.1) is 0 Å². The lowest BCUT2D eigenvalue weighted by Crippen LogP contribution is -2.25. The van der Waals surface area contributed by atoms with E-state index in [1.54, 1.807) is 12.1 Å². The fourth-order valence-electron chi connectivity index (χ4n) is 3.34. The number of aromatic nitrogens is 1. The van der Waals surface area contributed by atoms with Gasteiger partial charge in [0.25, 0.3) is 5.56 Å². The number of pyridine rings is 1. The quantitative estimate of drug-likeness (QED) is 0.618. The van der Waals surface area contributed by atoms with E-state index in [0.717, 1.165) is 6.07 Å². The standard InChI is InChI=1S/C20H14ClF3N2O3/c21-9-13-10-26(19(28)29-13)12-6-5-11-7-17(25-18(27)15(11)8-12)14-3-1-2-4-16(14)20(22,23)24/h1-8,13H,9-10H2,(H,25,27).